The van der Waals surface area contributed by atoms with Gasteiger partial charge in [0.2, 0.25) is 0 Å². The van der Waals surface area contributed by atoms with Crippen LogP contribution in [0.25, 0.3) is 33.9 Å². The highest BCUT2D eigenvalue weighted by Crippen LogP contribution is 2.40. The third-order valence-electron chi connectivity index (χ3n) is 5.06. The second kappa shape index (κ2) is 9.28. The summed E-state index contributed by atoms with van der Waals surface area (Å²) in [5, 5.41) is 9.29. The number of imidazole rings is 1. The molecule has 0 aliphatic heterocycles. The van der Waals surface area contributed by atoms with E-state index in [1.165, 1.54) is 0 Å². The van der Waals surface area contributed by atoms with Crippen LogP contribution in [-0.2, 0) is 18.5 Å². The summed E-state index contributed by atoms with van der Waals surface area (Å²) in [6.45, 7) is 0. The van der Waals surface area contributed by atoms with E-state index in [0.29, 0.717) is 29.1 Å². The summed E-state index contributed by atoms with van der Waals surface area (Å²) in [5.41, 5.74) is -5.07. The summed E-state index contributed by atoms with van der Waals surface area (Å²) in [4.78, 5) is 25.6. The lowest BCUT2D eigenvalue weighted by atomic mass is 10.1. The highest BCUT2D eigenvalue weighted by Gasteiger charge is 2.39. The van der Waals surface area contributed by atoms with Crippen molar-refractivity contribution in [1.29, 1.82) is 0 Å². The molecule has 1 amide bonds. The molecule has 0 aliphatic carbocycles. The molecule has 0 fully saturated rings. The van der Waals surface area contributed by atoms with E-state index < -0.39 is 75.7 Å². The van der Waals surface area contributed by atoms with E-state index in [2.05, 4.69) is 19.9 Å². The monoisotopic (exact) mass is 566 g/mol. The molecule has 39 heavy (non-hydrogen) atoms. The number of nitrogens with zero attached hydrogens (tertiary/aromatic N) is 5. The molecule has 4 rings (SSSR count). The molecule has 206 valence electrons. The van der Waals surface area contributed by atoms with Crippen LogP contribution in [0.1, 0.15) is 17.0 Å². The average Bonchev–Trinajstić information content (AvgIpc) is 3.18. The van der Waals surface area contributed by atoms with Crippen molar-refractivity contribution in [1.82, 2.24) is 24.6 Å². The van der Waals surface area contributed by atoms with Gasteiger partial charge in [0, 0.05) is 11.8 Å². The van der Waals surface area contributed by atoms with Crippen molar-refractivity contribution in [3.05, 3.63) is 53.5 Å². The number of carboxylic acid groups (broad SMARTS) is 1. The van der Waals surface area contributed by atoms with Crippen molar-refractivity contribution in [3.63, 3.8) is 0 Å². The number of alkyl halides is 9. The van der Waals surface area contributed by atoms with Gasteiger partial charge in [0.05, 0.1) is 18.2 Å². The minimum absolute atomic E-state index is 0.358. The number of fused-ring (bicyclic) bond motifs is 1. The fourth-order valence-corrected chi connectivity index (χ4v) is 3.41. The van der Waals surface area contributed by atoms with E-state index in [1.54, 1.807) is 5.43 Å². The highest BCUT2D eigenvalue weighted by atomic mass is 19.4. The van der Waals surface area contributed by atoms with Crippen LogP contribution < -0.4 is 10.2 Å². The van der Waals surface area contributed by atoms with Crippen molar-refractivity contribution < 1.29 is 54.2 Å². The van der Waals surface area contributed by atoms with Crippen molar-refractivity contribution in [2.75, 3.05) is 12.5 Å². The molecule has 0 aliphatic rings. The minimum atomic E-state index is -5.24. The second-order valence-electron chi connectivity index (χ2n) is 7.60. The standard InChI is InChI=1S/C21H11F9N6O3/c1-39-11-6-9(19(22,23)24)3-4-10(11)16-32-13-14(21(28,29)30)33-15(34-17(13)36(16)35-18(37)38)8-2-5-12(31-7-8)20(25,26)27/h2-7,35H,1H3,(H,37,38). The van der Waals surface area contributed by atoms with Gasteiger partial charge in [0.25, 0.3) is 0 Å². The Morgan fingerprint density at radius 1 is 0.923 bits per heavy atom. The van der Waals surface area contributed by atoms with Crippen LogP contribution in [0.3, 0.4) is 0 Å². The van der Waals surface area contributed by atoms with Crippen LogP contribution in [0.2, 0.25) is 0 Å². The normalized spacial score (nSPS) is 12.6. The van der Waals surface area contributed by atoms with E-state index in [9.17, 15) is 49.4 Å². The Kier molecular flexibility index (Phi) is 6.52. The second-order valence-corrected chi connectivity index (χ2v) is 7.60. The Morgan fingerprint density at radius 3 is 2.13 bits per heavy atom. The van der Waals surface area contributed by atoms with E-state index in [4.69, 9.17) is 4.74 Å². The number of benzene rings is 1. The molecule has 0 unspecified atom stereocenters. The first-order chi connectivity index (χ1) is 18.0. The number of amides is 1. The zero-order valence-electron chi connectivity index (χ0n) is 18.9. The summed E-state index contributed by atoms with van der Waals surface area (Å²) < 4.78 is 125. The lowest BCUT2D eigenvalue weighted by Gasteiger charge is -2.14. The first kappa shape index (κ1) is 27.4. The van der Waals surface area contributed by atoms with Crippen LogP contribution in [0.15, 0.2) is 36.5 Å². The number of hydrogen-bond acceptors (Lipinski definition) is 6. The van der Waals surface area contributed by atoms with Gasteiger partial charge in [-0.2, -0.15) is 39.5 Å². The molecule has 0 saturated carbocycles. The predicted octanol–water partition coefficient (Wildman–Crippen LogP) is 5.84. The summed E-state index contributed by atoms with van der Waals surface area (Å²) >= 11 is 0. The van der Waals surface area contributed by atoms with Gasteiger partial charge in [-0.1, -0.05) is 0 Å². The van der Waals surface area contributed by atoms with Gasteiger partial charge in [0.15, 0.2) is 23.0 Å². The third kappa shape index (κ3) is 5.34. The number of aromatic nitrogens is 5. The number of halogens is 9. The molecule has 18 heteroatoms. The van der Waals surface area contributed by atoms with Crippen molar-refractivity contribution >= 4 is 17.3 Å². The number of nitrogens with one attached hydrogen (secondary N) is 1. The molecule has 0 bridgehead atoms. The predicted molar refractivity (Wildman–Crippen MR) is 113 cm³/mol. The summed E-state index contributed by atoms with van der Waals surface area (Å²) in [6, 6.07) is 3.11. The lowest BCUT2D eigenvalue weighted by Crippen LogP contribution is -2.22. The van der Waals surface area contributed by atoms with Gasteiger partial charge in [-0.05, 0) is 30.3 Å². The maximum Gasteiger partial charge on any atom is 0.435 e. The van der Waals surface area contributed by atoms with Crippen LogP contribution >= 0.6 is 0 Å². The molecule has 9 nitrogen and oxygen atoms in total. The largest absolute Gasteiger partial charge is 0.496 e. The van der Waals surface area contributed by atoms with Crippen LogP contribution in [0.5, 0.6) is 5.75 Å². The topological polar surface area (TPSA) is 115 Å². The van der Waals surface area contributed by atoms with Gasteiger partial charge in [-0.3, -0.25) is 4.98 Å². The number of hydrogen-bond donors (Lipinski definition) is 2. The van der Waals surface area contributed by atoms with Crippen LogP contribution in [0, 0.1) is 0 Å². The molecule has 3 aromatic heterocycles. The van der Waals surface area contributed by atoms with Gasteiger partial charge < -0.3 is 9.84 Å². The molecule has 2 N–H and O–H groups in total. The Balaban J connectivity index is 2.02. The van der Waals surface area contributed by atoms with Crippen molar-refractivity contribution in [3.8, 4) is 28.5 Å². The molecule has 0 spiro atoms. The fraction of sp³-hybridized carbons (Fsp3) is 0.190. The number of ether oxygens (including phenoxy) is 1. The Hall–Kier alpha value is -4.64. The fourth-order valence-electron chi connectivity index (χ4n) is 3.41. The molecule has 4 aromatic rings. The van der Waals surface area contributed by atoms with Gasteiger partial charge in [-0.15, -0.1) is 0 Å². The summed E-state index contributed by atoms with van der Waals surface area (Å²) in [6.07, 6.45) is -16.2. The SMILES string of the molecule is COc1cc(C(F)(F)F)ccc1-c1nc2c(C(F)(F)F)nc(-c3ccc(C(F)(F)F)nc3)nc2n1NC(=O)O. The number of rotatable bonds is 4. The minimum Gasteiger partial charge on any atom is -0.496 e. The molecule has 1 aromatic carbocycles. The summed E-state index contributed by atoms with van der Waals surface area (Å²) in [7, 11) is 0.966. The number of carbonyl (C=O) groups is 1. The molecule has 0 atom stereocenters. The molecule has 3 heterocycles. The van der Waals surface area contributed by atoms with Crippen LogP contribution in [0.4, 0.5) is 44.3 Å². The van der Waals surface area contributed by atoms with E-state index in [1.807, 2.05) is 0 Å². The first-order valence-corrected chi connectivity index (χ1v) is 10.2. The molecular formula is C21H11F9N6O3. The number of methoxy groups -OCH3 is 1. The quantitative estimate of drug-likeness (QED) is 0.298. The summed E-state index contributed by atoms with van der Waals surface area (Å²) in [5.74, 6) is -1.97. The van der Waals surface area contributed by atoms with Gasteiger partial charge >= 0.3 is 24.6 Å². The van der Waals surface area contributed by atoms with Gasteiger partial charge in [0.1, 0.15) is 17.0 Å². The van der Waals surface area contributed by atoms with Crippen LogP contribution in [-0.4, -0.2) is 42.9 Å². The maximum atomic E-state index is 14.0. The Bertz CT molecular complexity index is 1560. The van der Waals surface area contributed by atoms with E-state index >= 15 is 0 Å². The zero-order valence-corrected chi connectivity index (χ0v) is 18.9. The average molecular weight is 566 g/mol. The smallest absolute Gasteiger partial charge is 0.435 e. The van der Waals surface area contributed by atoms with E-state index in [0.717, 1.165) is 19.2 Å². The van der Waals surface area contributed by atoms with Crippen molar-refractivity contribution in [2.45, 2.75) is 18.5 Å². The van der Waals surface area contributed by atoms with Crippen molar-refractivity contribution in [2.24, 2.45) is 0 Å². The molecule has 0 saturated heterocycles. The maximum absolute atomic E-state index is 14.0. The first-order valence-electron chi connectivity index (χ1n) is 10.2. The zero-order chi connectivity index (χ0) is 28.9. The highest BCUT2D eigenvalue weighted by molar-refractivity contribution is 5.86. The third-order valence-corrected chi connectivity index (χ3v) is 5.06. The number of pyridine rings is 1. The Morgan fingerprint density at radius 2 is 1.62 bits per heavy atom. The lowest BCUT2D eigenvalue weighted by molar-refractivity contribution is -0.141. The van der Waals surface area contributed by atoms with Gasteiger partial charge in [-0.25, -0.2) is 29.8 Å². The van der Waals surface area contributed by atoms with E-state index in [-0.39, 0.29) is 5.56 Å². The molecule has 0 radical (unpaired) electrons. The Labute approximate surface area is 209 Å². The molecular weight excluding hydrogens is 555 g/mol.